The van der Waals surface area contributed by atoms with Gasteiger partial charge in [-0.3, -0.25) is 4.79 Å². The number of ether oxygens (including phenoxy) is 1. The van der Waals surface area contributed by atoms with E-state index in [9.17, 15) is 4.79 Å². The van der Waals surface area contributed by atoms with Gasteiger partial charge in [-0.25, -0.2) is 0 Å². The minimum Gasteiger partial charge on any atom is -0.365 e. The third-order valence-electron chi connectivity index (χ3n) is 5.21. The highest BCUT2D eigenvalue weighted by atomic mass is 16.5. The summed E-state index contributed by atoms with van der Waals surface area (Å²) in [6.45, 7) is 3.36. The molecule has 1 unspecified atom stereocenters. The average Bonchev–Trinajstić information content (AvgIpc) is 3.22. The van der Waals surface area contributed by atoms with Crippen molar-refractivity contribution in [2.75, 3.05) is 13.1 Å². The van der Waals surface area contributed by atoms with E-state index in [1.165, 1.54) is 18.4 Å². The van der Waals surface area contributed by atoms with E-state index >= 15 is 0 Å². The number of nitrogens with zero attached hydrogens (tertiary/aromatic N) is 1. The van der Waals surface area contributed by atoms with Crippen molar-refractivity contribution in [2.24, 2.45) is 5.73 Å². The number of carbonyl (C=O) groups excluding carboxylic acids is 1. The Morgan fingerprint density at radius 3 is 2.61 bits per heavy atom. The van der Waals surface area contributed by atoms with E-state index in [1.807, 2.05) is 30.0 Å². The van der Waals surface area contributed by atoms with Gasteiger partial charge in [-0.05, 0) is 24.8 Å². The maximum absolute atomic E-state index is 12.8. The number of carbonyl (C=O) groups is 1. The van der Waals surface area contributed by atoms with E-state index in [1.54, 1.807) is 0 Å². The van der Waals surface area contributed by atoms with E-state index in [2.05, 4.69) is 12.1 Å². The molecular formula is C19H28N2O2. The normalized spacial score (nSPS) is 26.6. The van der Waals surface area contributed by atoms with Crippen molar-refractivity contribution >= 4 is 5.91 Å². The van der Waals surface area contributed by atoms with Gasteiger partial charge in [0.1, 0.15) is 6.10 Å². The molecule has 1 aliphatic carbocycles. The fourth-order valence-corrected chi connectivity index (χ4v) is 3.85. The highest BCUT2D eigenvalue weighted by molar-refractivity contribution is 5.81. The summed E-state index contributed by atoms with van der Waals surface area (Å²) in [6, 6.07) is 10.3. The van der Waals surface area contributed by atoms with Gasteiger partial charge in [0, 0.05) is 25.0 Å². The van der Waals surface area contributed by atoms with Gasteiger partial charge in [-0.1, -0.05) is 50.1 Å². The summed E-state index contributed by atoms with van der Waals surface area (Å²) in [7, 11) is 0. The minimum absolute atomic E-state index is 0.00494. The molecule has 1 saturated carbocycles. The maximum Gasteiger partial charge on any atom is 0.251 e. The van der Waals surface area contributed by atoms with Crippen LogP contribution in [-0.4, -0.2) is 42.1 Å². The van der Waals surface area contributed by atoms with E-state index in [-0.39, 0.29) is 30.1 Å². The van der Waals surface area contributed by atoms with Crippen molar-refractivity contribution < 1.29 is 9.53 Å². The number of likely N-dealkylation sites (tertiary alicyclic amines) is 1. The van der Waals surface area contributed by atoms with Gasteiger partial charge < -0.3 is 15.4 Å². The molecule has 0 spiro atoms. The van der Waals surface area contributed by atoms with Crippen LogP contribution in [-0.2, 0) is 9.53 Å². The Morgan fingerprint density at radius 1 is 1.26 bits per heavy atom. The van der Waals surface area contributed by atoms with Crippen LogP contribution < -0.4 is 5.73 Å². The number of amides is 1. The molecule has 2 fully saturated rings. The molecule has 0 bridgehead atoms. The van der Waals surface area contributed by atoms with Crippen LogP contribution in [0.3, 0.4) is 0 Å². The monoisotopic (exact) mass is 316 g/mol. The van der Waals surface area contributed by atoms with Gasteiger partial charge >= 0.3 is 0 Å². The summed E-state index contributed by atoms with van der Waals surface area (Å²) in [4.78, 5) is 14.7. The van der Waals surface area contributed by atoms with Gasteiger partial charge in [-0.15, -0.1) is 0 Å². The van der Waals surface area contributed by atoms with E-state index in [4.69, 9.17) is 10.5 Å². The predicted octanol–water partition coefficient (Wildman–Crippen LogP) is 2.68. The van der Waals surface area contributed by atoms with E-state index in [0.29, 0.717) is 13.1 Å². The first-order valence-corrected chi connectivity index (χ1v) is 8.93. The van der Waals surface area contributed by atoms with Crippen LogP contribution in [0, 0.1) is 0 Å². The van der Waals surface area contributed by atoms with E-state index in [0.717, 1.165) is 19.3 Å². The second-order valence-electron chi connectivity index (χ2n) is 6.86. The Kier molecular flexibility index (Phi) is 5.34. The molecule has 2 N–H and O–H groups in total. The molecule has 1 aliphatic heterocycles. The largest absolute Gasteiger partial charge is 0.365 e. The lowest BCUT2D eigenvalue weighted by Crippen LogP contribution is -2.41. The van der Waals surface area contributed by atoms with Crippen LogP contribution in [0.25, 0.3) is 0 Å². The van der Waals surface area contributed by atoms with Crippen molar-refractivity contribution in [3.8, 4) is 0 Å². The molecule has 1 saturated heterocycles. The van der Waals surface area contributed by atoms with Crippen molar-refractivity contribution in [3.05, 3.63) is 35.9 Å². The quantitative estimate of drug-likeness (QED) is 0.908. The zero-order valence-corrected chi connectivity index (χ0v) is 14.0. The topological polar surface area (TPSA) is 55.6 Å². The third-order valence-corrected chi connectivity index (χ3v) is 5.21. The molecule has 4 heteroatoms. The van der Waals surface area contributed by atoms with Gasteiger partial charge in [-0.2, -0.15) is 0 Å². The van der Waals surface area contributed by atoms with Crippen molar-refractivity contribution in [3.63, 3.8) is 0 Å². The summed E-state index contributed by atoms with van der Waals surface area (Å²) in [6.07, 6.45) is 5.33. The lowest BCUT2D eigenvalue weighted by molar-refractivity contribution is -0.146. The Balaban J connectivity index is 1.63. The smallest absolute Gasteiger partial charge is 0.251 e. The SMILES string of the molecule is CCC(OC1CCCC1)C(=O)N1C[C@@H](N)[C@H](c2ccccc2)C1. The first kappa shape index (κ1) is 16.5. The number of hydrogen-bond acceptors (Lipinski definition) is 3. The number of benzene rings is 1. The van der Waals surface area contributed by atoms with Crippen molar-refractivity contribution in [2.45, 2.75) is 63.2 Å². The van der Waals surface area contributed by atoms with Crippen LogP contribution >= 0.6 is 0 Å². The number of rotatable bonds is 5. The molecular weight excluding hydrogens is 288 g/mol. The third kappa shape index (κ3) is 3.75. The lowest BCUT2D eigenvalue weighted by Gasteiger charge is -2.25. The van der Waals surface area contributed by atoms with Crippen LogP contribution in [0.4, 0.5) is 0 Å². The zero-order valence-electron chi connectivity index (χ0n) is 14.0. The number of hydrogen-bond donors (Lipinski definition) is 1. The van der Waals surface area contributed by atoms with E-state index < -0.39 is 0 Å². The van der Waals surface area contributed by atoms with Gasteiger partial charge in [0.25, 0.3) is 5.91 Å². The molecule has 1 amide bonds. The standard InChI is InChI=1S/C19H28N2O2/c1-2-18(23-15-10-6-7-11-15)19(22)21-12-16(17(20)13-21)14-8-4-3-5-9-14/h3-5,8-9,15-18H,2,6-7,10-13,20H2,1H3/t16-,17+,18?/m0/s1. The molecule has 126 valence electrons. The average molecular weight is 316 g/mol. The molecule has 1 heterocycles. The molecule has 3 rings (SSSR count). The fraction of sp³-hybridized carbons (Fsp3) is 0.632. The molecule has 3 atom stereocenters. The van der Waals surface area contributed by atoms with Crippen LogP contribution in [0.5, 0.6) is 0 Å². The van der Waals surface area contributed by atoms with Gasteiger partial charge in [0.15, 0.2) is 0 Å². The fourth-order valence-electron chi connectivity index (χ4n) is 3.85. The maximum atomic E-state index is 12.8. The summed E-state index contributed by atoms with van der Waals surface area (Å²) < 4.78 is 6.08. The molecule has 2 aliphatic rings. The second kappa shape index (κ2) is 7.45. The summed E-state index contributed by atoms with van der Waals surface area (Å²) in [5, 5.41) is 0. The summed E-state index contributed by atoms with van der Waals surface area (Å²) in [5.41, 5.74) is 7.53. The predicted molar refractivity (Wildman–Crippen MR) is 91.2 cm³/mol. The molecule has 23 heavy (non-hydrogen) atoms. The minimum atomic E-state index is -0.306. The molecule has 0 radical (unpaired) electrons. The second-order valence-corrected chi connectivity index (χ2v) is 6.86. The summed E-state index contributed by atoms with van der Waals surface area (Å²) >= 11 is 0. The van der Waals surface area contributed by atoms with Crippen LogP contribution in [0.1, 0.15) is 50.5 Å². The summed E-state index contributed by atoms with van der Waals surface area (Å²) in [5.74, 6) is 0.345. The first-order valence-electron chi connectivity index (χ1n) is 8.93. The Morgan fingerprint density at radius 2 is 1.96 bits per heavy atom. The highest BCUT2D eigenvalue weighted by Crippen LogP contribution is 2.28. The molecule has 1 aromatic rings. The number of nitrogens with two attached hydrogens (primary N) is 1. The molecule has 4 nitrogen and oxygen atoms in total. The lowest BCUT2D eigenvalue weighted by atomic mass is 9.95. The molecule has 0 aromatic heterocycles. The van der Waals surface area contributed by atoms with Crippen molar-refractivity contribution in [1.82, 2.24) is 4.90 Å². The Hall–Kier alpha value is -1.39. The van der Waals surface area contributed by atoms with Gasteiger partial charge in [0.2, 0.25) is 0 Å². The first-order chi connectivity index (χ1) is 11.2. The zero-order chi connectivity index (χ0) is 16.2. The van der Waals surface area contributed by atoms with Crippen LogP contribution in [0.15, 0.2) is 30.3 Å². The van der Waals surface area contributed by atoms with Crippen molar-refractivity contribution in [1.29, 1.82) is 0 Å². The Labute approximate surface area is 139 Å². The van der Waals surface area contributed by atoms with Gasteiger partial charge in [0.05, 0.1) is 6.10 Å². The van der Waals surface area contributed by atoms with Crippen LogP contribution in [0.2, 0.25) is 0 Å². The molecule has 1 aromatic carbocycles. The highest BCUT2D eigenvalue weighted by Gasteiger charge is 2.37. The Bertz CT molecular complexity index is 513.